The Hall–Kier alpha value is -2.76. The standard InChI is InChI=1S/C15H10F3NO2/c1-9(13-7-6-12(17)8-14(13)18)19-21-15(20)10-2-4-11(16)5-3-10/h2-8,19H,1H2. The summed E-state index contributed by atoms with van der Waals surface area (Å²) < 4.78 is 39.0. The van der Waals surface area contributed by atoms with Gasteiger partial charge in [0.25, 0.3) is 0 Å². The number of carbonyl (C=O) groups is 1. The third-order valence-electron chi connectivity index (χ3n) is 2.60. The van der Waals surface area contributed by atoms with Gasteiger partial charge < -0.3 is 4.84 Å². The highest BCUT2D eigenvalue weighted by atomic mass is 19.1. The molecule has 0 bridgehead atoms. The zero-order valence-electron chi connectivity index (χ0n) is 10.7. The molecule has 0 saturated carbocycles. The van der Waals surface area contributed by atoms with Crippen LogP contribution >= 0.6 is 0 Å². The van der Waals surface area contributed by atoms with Gasteiger partial charge in [-0.3, -0.25) is 0 Å². The molecule has 0 spiro atoms. The summed E-state index contributed by atoms with van der Waals surface area (Å²) in [6.45, 7) is 3.48. The summed E-state index contributed by atoms with van der Waals surface area (Å²) >= 11 is 0. The van der Waals surface area contributed by atoms with Gasteiger partial charge in [-0.25, -0.2) is 23.4 Å². The van der Waals surface area contributed by atoms with E-state index < -0.39 is 23.4 Å². The molecule has 0 radical (unpaired) electrons. The molecule has 108 valence electrons. The van der Waals surface area contributed by atoms with E-state index in [4.69, 9.17) is 4.84 Å². The lowest BCUT2D eigenvalue weighted by Crippen LogP contribution is -2.19. The van der Waals surface area contributed by atoms with Crippen LogP contribution in [0.1, 0.15) is 15.9 Å². The topological polar surface area (TPSA) is 38.3 Å². The maximum atomic E-state index is 13.5. The van der Waals surface area contributed by atoms with E-state index in [1.807, 2.05) is 0 Å². The smallest absolute Gasteiger partial charge is 0.338 e. The second-order valence-corrected chi connectivity index (χ2v) is 4.10. The van der Waals surface area contributed by atoms with Crippen LogP contribution in [0.15, 0.2) is 49.0 Å². The van der Waals surface area contributed by atoms with Crippen LogP contribution in [0.3, 0.4) is 0 Å². The third-order valence-corrected chi connectivity index (χ3v) is 2.60. The molecule has 2 aromatic rings. The number of hydrogen-bond acceptors (Lipinski definition) is 3. The zero-order chi connectivity index (χ0) is 15.4. The molecule has 0 aliphatic rings. The van der Waals surface area contributed by atoms with Gasteiger partial charge in [0.1, 0.15) is 17.5 Å². The first-order chi connectivity index (χ1) is 9.97. The highest BCUT2D eigenvalue weighted by molar-refractivity contribution is 5.89. The Morgan fingerprint density at radius 1 is 1.00 bits per heavy atom. The van der Waals surface area contributed by atoms with Crippen molar-refractivity contribution >= 4 is 11.7 Å². The highest BCUT2D eigenvalue weighted by Gasteiger charge is 2.11. The van der Waals surface area contributed by atoms with E-state index in [0.717, 1.165) is 24.3 Å². The van der Waals surface area contributed by atoms with Crippen LogP contribution in [0, 0.1) is 17.5 Å². The van der Waals surface area contributed by atoms with E-state index in [1.54, 1.807) is 0 Å². The SMILES string of the molecule is C=C(NOC(=O)c1ccc(F)cc1)c1ccc(F)cc1F. The predicted molar refractivity (Wildman–Crippen MR) is 70.3 cm³/mol. The van der Waals surface area contributed by atoms with Crippen molar-refractivity contribution in [2.75, 3.05) is 0 Å². The Morgan fingerprint density at radius 2 is 1.62 bits per heavy atom. The van der Waals surface area contributed by atoms with Gasteiger partial charge in [-0.1, -0.05) is 6.58 Å². The lowest BCUT2D eigenvalue weighted by atomic mass is 10.1. The summed E-state index contributed by atoms with van der Waals surface area (Å²) in [6.07, 6.45) is 0. The number of halogens is 3. The van der Waals surface area contributed by atoms with Gasteiger partial charge in [-0.2, -0.15) is 0 Å². The summed E-state index contributed by atoms with van der Waals surface area (Å²) in [5, 5.41) is 0. The first-order valence-corrected chi connectivity index (χ1v) is 5.84. The van der Waals surface area contributed by atoms with Crippen molar-refractivity contribution in [2.45, 2.75) is 0 Å². The van der Waals surface area contributed by atoms with Gasteiger partial charge in [0, 0.05) is 11.6 Å². The molecule has 0 fully saturated rings. The largest absolute Gasteiger partial charge is 0.362 e. The molecule has 2 aromatic carbocycles. The summed E-state index contributed by atoms with van der Waals surface area (Å²) in [4.78, 5) is 16.3. The molecule has 2 rings (SSSR count). The van der Waals surface area contributed by atoms with Gasteiger partial charge in [0.15, 0.2) is 0 Å². The quantitative estimate of drug-likeness (QED) is 0.878. The molecule has 0 heterocycles. The highest BCUT2D eigenvalue weighted by Crippen LogP contribution is 2.16. The molecule has 0 atom stereocenters. The van der Waals surface area contributed by atoms with Crippen LogP contribution in [0.2, 0.25) is 0 Å². The van der Waals surface area contributed by atoms with Crippen LogP contribution in [0.25, 0.3) is 5.70 Å². The lowest BCUT2D eigenvalue weighted by molar-refractivity contribution is 0.0369. The van der Waals surface area contributed by atoms with Crippen LogP contribution in [-0.4, -0.2) is 5.97 Å². The molecule has 6 heteroatoms. The van der Waals surface area contributed by atoms with Crippen molar-refractivity contribution in [3.8, 4) is 0 Å². The predicted octanol–water partition coefficient (Wildman–Crippen LogP) is 3.44. The van der Waals surface area contributed by atoms with E-state index in [1.165, 1.54) is 12.1 Å². The second kappa shape index (κ2) is 6.13. The second-order valence-electron chi connectivity index (χ2n) is 4.10. The van der Waals surface area contributed by atoms with Gasteiger partial charge in [0.2, 0.25) is 0 Å². The Balaban J connectivity index is 2.00. The maximum Gasteiger partial charge on any atom is 0.362 e. The Labute approximate surface area is 118 Å². The molecule has 1 N–H and O–H groups in total. The minimum Gasteiger partial charge on any atom is -0.338 e. The monoisotopic (exact) mass is 293 g/mol. The summed E-state index contributed by atoms with van der Waals surface area (Å²) in [5.41, 5.74) is 2.19. The van der Waals surface area contributed by atoms with Crippen molar-refractivity contribution < 1.29 is 22.8 Å². The number of hydroxylamine groups is 1. The summed E-state index contributed by atoms with van der Waals surface area (Å²) in [5.74, 6) is -2.85. The van der Waals surface area contributed by atoms with Gasteiger partial charge >= 0.3 is 5.97 Å². The van der Waals surface area contributed by atoms with E-state index in [-0.39, 0.29) is 16.8 Å². The number of hydrogen-bond donors (Lipinski definition) is 1. The molecule has 3 nitrogen and oxygen atoms in total. The normalized spacial score (nSPS) is 10.0. The Morgan fingerprint density at radius 3 is 2.24 bits per heavy atom. The first kappa shape index (κ1) is 14.6. The van der Waals surface area contributed by atoms with Crippen molar-refractivity contribution in [3.63, 3.8) is 0 Å². The number of rotatable bonds is 4. The fraction of sp³-hybridized carbons (Fsp3) is 0. The molecular weight excluding hydrogens is 283 g/mol. The molecular formula is C15H10F3NO2. The van der Waals surface area contributed by atoms with Crippen molar-refractivity contribution in [1.29, 1.82) is 0 Å². The minimum absolute atomic E-state index is 0.0386. The minimum atomic E-state index is -0.842. The molecule has 21 heavy (non-hydrogen) atoms. The van der Waals surface area contributed by atoms with Gasteiger partial charge in [-0.15, -0.1) is 0 Å². The zero-order valence-corrected chi connectivity index (χ0v) is 10.7. The van der Waals surface area contributed by atoms with Crippen molar-refractivity contribution in [1.82, 2.24) is 5.48 Å². The first-order valence-electron chi connectivity index (χ1n) is 5.84. The van der Waals surface area contributed by atoms with E-state index in [0.29, 0.717) is 6.07 Å². The third kappa shape index (κ3) is 3.62. The lowest BCUT2D eigenvalue weighted by Gasteiger charge is -2.10. The van der Waals surface area contributed by atoms with E-state index >= 15 is 0 Å². The van der Waals surface area contributed by atoms with Crippen LogP contribution in [-0.2, 0) is 4.84 Å². The molecule has 0 amide bonds. The molecule has 0 aromatic heterocycles. The molecule has 0 aliphatic heterocycles. The van der Waals surface area contributed by atoms with Crippen molar-refractivity contribution in [3.05, 3.63) is 77.6 Å². The molecule has 0 aliphatic carbocycles. The van der Waals surface area contributed by atoms with Crippen LogP contribution in [0.5, 0.6) is 0 Å². The average Bonchev–Trinajstić information content (AvgIpc) is 2.45. The number of carbonyl (C=O) groups excluding carboxylic acids is 1. The van der Waals surface area contributed by atoms with E-state index in [2.05, 4.69) is 12.1 Å². The molecule has 0 saturated heterocycles. The van der Waals surface area contributed by atoms with Gasteiger partial charge in [0.05, 0.1) is 11.3 Å². The average molecular weight is 293 g/mol. The Kier molecular flexibility index (Phi) is 4.27. The Bertz CT molecular complexity index is 684. The van der Waals surface area contributed by atoms with Crippen LogP contribution in [0.4, 0.5) is 13.2 Å². The maximum absolute atomic E-state index is 13.5. The summed E-state index contributed by atoms with van der Waals surface area (Å²) in [7, 11) is 0. The summed E-state index contributed by atoms with van der Waals surface area (Å²) in [6, 6.07) is 7.57. The van der Waals surface area contributed by atoms with Gasteiger partial charge in [-0.05, 0) is 36.4 Å². The molecule has 0 unspecified atom stereocenters. The van der Waals surface area contributed by atoms with Crippen molar-refractivity contribution in [2.24, 2.45) is 0 Å². The van der Waals surface area contributed by atoms with E-state index in [9.17, 15) is 18.0 Å². The number of benzene rings is 2. The van der Waals surface area contributed by atoms with Crippen LogP contribution < -0.4 is 5.48 Å². The fourth-order valence-corrected chi connectivity index (χ4v) is 1.54. The fourth-order valence-electron chi connectivity index (χ4n) is 1.54. The number of nitrogens with one attached hydrogen (secondary N) is 1.